The normalized spacial score (nSPS) is 17.2. The fourth-order valence-corrected chi connectivity index (χ4v) is 4.06. The van der Waals surface area contributed by atoms with Crippen LogP contribution in [0.5, 0.6) is 5.75 Å². The minimum atomic E-state index is 0.273. The fraction of sp³-hybridized carbons (Fsp3) is 0.148. The van der Waals surface area contributed by atoms with E-state index in [1.54, 1.807) is 0 Å². The molecule has 1 aliphatic rings. The molecular weight excluding hydrogens is 368 g/mol. The minimum absolute atomic E-state index is 0.273. The summed E-state index contributed by atoms with van der Waals surface area (Å²) in [5, 5.41) is 2.54. The number of anilines is 1. The van der Waals surface area contributed by atoms with Crippen LogP contribution in [0.3, 0.4) is 0 Å². The minimum Gasteiger partial charge on any atom is -0.494 e. The third-order valence-electron chi connectivity index (χ3n) is 5.56. The van der Waals surface area contributed by atoms with Gasteiger partial charge in [0.2, 0.25) is 0 Å². The first-order valence-corrected chi connectivity index (χ1v) is 10.5. The molecule has 4 aromatic rings. The molecule has 3 heteroatoms. The standard InChI is InChI=1S/C27H24N2O/c1-2-30-25-16-14-24(15-17-25)29-26(19-27(29)28-23-10-4-3-5-11-23)22-13-12-20-8-6-7-9-21(20)18-22/h3-18,26H,2,19H2,1H3. The van der Waals surface area contributed by atoms with Gasteiger partial charge < -0.3 is 9.64 Å². The molecular formula is C27H24N2O. The smallest absolute Gasteiger partial charge is 0.119 e. The number of para-hydroxylation sites is 1. The van der Waals surface area contributed by atoms with Crippen molar-refractivity contribution < 1.29 is 4.74 Å². The molecule has 0 N–H and O–H groups in total. The molecule has 0 spiro atoms. The zero-order valence-corrected chi connectivity index (χ0v) is 17.0. The molecule has 5 rings (SSSR count). The largest absolute Gasteiger partial charge is 0.494 e. The molecule has 1 saturated heterocycles. The van der Waals surface area contributed by atoms with Crippen LogP contribution in [0.4, 0.5) is 11.4 Å². The second-order valence-electron chi connectivity index (χ2n) is 7.49. The molecule has 4 aromatic carbocycles. The number of hydrogen-bond donors (Lipinski definition) is 0. The van der Waals surface area contributed by atoms with Crippen LogP contribution in [0.15, 0.2) is 102 Å². The zero-order valence-electron chi connectivity index (χ0n) is 17.0. The van der Waals surface area contributed by atoms with E-state index >= 15 is 0 Å². The first-order chi connectivity index (χ1) is 14.8. The van der Waals surface area contributed by atoms with Crippen LogP contribution in [0.1, 0.15) is 24.9 Å². The lowest BCUT2D eigenvalue weighted by Gasteiger charge is -2.44. The Bertz CT molecular complexity index is 1180. The van der Waals surface area contributed by atoms with Crippen molar-refractivity contribution in [2.45, 2.75) is 19.4 Å². The molecule has 0 bridgehead atoms. The van der Waals surface area contributed by atoms with E-state index in [9.17, 15) is 0 Å². The number of amidine groups is 1. The first kappa shape index (κ1) is 18.4. The summed E-state index contributed by atoms with van der Waals surface area (Å²) in [4.78, 5) is 7.27. The van der Waals surface area contributed by atoms with Crippen LogP contribution in [0.2, 0.25) is 0 Å². The maximum Gasteiger partial charge on any atom is 0.119 e. The second-order valence-corrected chi connectivity index (χ2v) is 7.49. The summed E-state index contributed by atoms with van der Waals surface area (Å²) in [6.07, 6.45) is 0.917. The molecule has 148 valence electrons. The molecule has 30 heavy (non-hydrogen) atoms. The highest BCUT2D eigenvalue weighted by molar-refractivity contribution is 6.06. The molecule has 0 aliphatic carbocycles. The second kappa shape index (κ2) is 8.03. The quantitative estimate of drug-likeness (QED) is 0.368. The van der Waals surface area contributed by atoms with Crippen molar-refractivity contribution in [3.05, 3.63) is 103 Å². The summed E-state index contributed by atoms with van der Waals surface area (Å²) in [5.74, 6) is 1.98. The lowest BCUT2D eigenvalue weighted by atomic mass is 9.91. The van der Waals surface area contributed by atoms with Crippen LogP contribution >= 0.6 is 0 Å². The van der Waals surface area contributed by atoms with E-state index in [1.165, 1.54) is 16.3 Å². The van der Waals surface area contributed by atoms with E-state index in [-0.39, 0.29) is 6.04 Å². The molecule has 1 unspecified atom stereocenters. The predicted octanol–water partition coefficient (Wildman–Crippen LogP) is 6.92. The van der Waals surface area contributed by atoms with Crippen molar-refractivity contribution >= 4 is 28.0 Å². The maximum atomic E-state index is 5.63. The third-order valence-corrected chi connectivity index (χ3v) is 5.56. The average molecular weight is 393 g/mol. The number of rotatable bonds is 5. The van der Waals surface area contributed by atoms with Crippen molar-refractivity contribution in [1.29, 1.82) is 0 Å². The fourth-order valence-electron chi connectivity index (χ4n) is 4.06. The van der Waals surface area contributed by atoms with Gasteiger partial charge in [0.15, 0.2) is 0 Å². The molecule has 1 heterocycles. The molecule has 0 aromatic heterocycles. The van der Waals surface area contributed by atoms with Crippen molar-refractivity contribution in [3.8, 4) is 5.75 Å². The van der Waals surface area contributed by atoms with Gasteiger partial charge in [-0.05, 0) is 65.7 Å². The van der Waals surface area contributed by atoms with Gasteiger partial charge in [-0.1, -0.05) is 54.6 Å². The monoisotopic (exact) mass is 392 g/mol. The topological polar surface area (TPSA) is 24.8 Å². The molecule has 0 amide bonds. The van der Waals surface area contributed by atoms with Crippen LogP contribution in [0, 0.1) is 0 Å². The van der Waals surface area contributed by atoms with Crippen LogP contribution in [-0.2, 0) is 0 Å². The van der Waals surface area contributed by atoms with Gasteiger partial charge in [0.25, 0.3) is 0 Å². The van der Waals surface area contributed by atoms with Gasteiger partial charge in [-0.2, -0.15) is 0 Å². The van der Waals surface area contributed by atoms with Gasteiger partial charge in [0, 0.05) is 12.1 Å². The molecule has 0 saturated carbocycles. The van der Waals surface area contributed by atoms with Crippen LogP contribution < -0.4 is 9.64 Å². The highest BCUT2D eigenvalue weighted by Crippen LogP contribution is 2.41. The molecule has 3 nitrogen and oxygen atoms in total. The van der Waals surface area contributed by atoms with Crippen LogP contribution in [0.25, 0.3) is 10.8 Å². The van der Waals surface area contributed by atoms with E-state index in [0.29, 0.717) is 6.61 Å². The van der Waals surface area contributed by atoms with Crippen molar-refractivity contribution in [2.75, 3.05) is 11.5 Å². The lowest BCUT2D eigenvalue weighted by Crippen LogP contribution is -2.46. The van der Waals surface area contributed by atoms with Gasteiger partial charge in [-0.3, -0.25) is 0 Å². The summed E-state index contributed by atoms with van der Waals surface area (Å²) in [5.41, 5.74) is 3.44. The van der Waals surface area contributed by atoms with Crippen LogP contribution in [-0.4, -0.2) is 12.4 Å². The molecule has 1 atom stereocenters. The van der Waals surface area contributed by atoms with E-state index in [4.69, 9.17) is 9.73 Å². The summed E-state index contributed by atoms with van der Waals surface area (Å²) in [6.45, 7) is 2.67. The Labute approximate surface area is 177 Å². The summed E-state index contributed by atoms with van der Waals surface area (Å²) >= 11 is 0. The van der Waals surface area contributed by atoms with Crippen molar-refractivity contribution in [3.63, 3.8) is 0 Å². The number of fused-ring (bicyclic) bond motifs is 1. The van der Waals surface area contributed by atoms with E-state index < -0.39 is 0 Å². The zero-order chi connectivity index (χ0) is 20.3. The van der Waals surface area contributed by atoms with Gasteiger partial charge in [0.1, 0.15) is 11.6 Å². The predicted molar refractivity (Wildman–Crippen MR) is 125 cm³/mol. The highest BCUT2D eigenvalue weighted by Gasteiger charge is 2.36. The number of nitrogens with zero attached hydrogens (tertiary/aromatic N) is 2. The first-order valence-electron chi connectivity index (χ1n) is 10.5. The molecule has 0 radical (unpaired) electrons. The van der Waals surface area contributed by atoms with E-state index in [1.807, 2.05) is 49.4 Å². The molecule has 1 aliphatic heterocycles. The Kier molecular flexibility index (Phi) is 4.94. The van der Waals surface area contributed by atoms with Gasteiger partial charge in [-0.25, -0.2) is 4.99 Å². The Hall–Kier alpha value is -3.59. The Morgan fingerprint density at radius 3 is 2.33 bits per heavy atom. The molecule has 1 fully saturated rings. The van der Waals surface area contributed by atoms with Gasteiger partial charge in [0.05, 0.1) is 18.3 Å². The Balaban J connectivity index is 1.52. The van der Waals surface area contributed by atoms with Gasteiger partial charge in [-0.15, -0.1) is 0 Å². The third kappa shape index (κ3) is 3.55. The van der Waals surface area contributed by atoms with E-state index in [2.05, 4.69) is 59.5 Å². The summed E-state index contributed by atoms with van der Waals surface area (Å²) in [7, 11) is 0. The summed E-state index contributed by atoms with van der Waals surface area (Å²) in [6, 6.07) is 34.1. The van der Waals surface area contributed by atoms with E-state index in [0.717, 1.165) is 29.4 Å². The SMILES string of the molecule is CCOc1ccc(N2C(=Nc3ccccc3)CC2c2ccc3ccccc3c2)cc1. The number of aliphatic imine (C=N–C) groups is 1. The summed E-state index contributed by atoms with van der Waals surface area (Å²) < 4.78 is 5.63. The number of ether oxygens (including phenoxy) is 1. The van der Waals surface area contributed by atoms with Crippen molar-refractivity contribution in [1.82, 2.24) is 0 Å². The number of hydrogen-bond acceptors (Lipinski definition) is 2. The Morgan fingerprint density at radius 1 is 0.833 bits per heavy atom. The van der Waals surface area contributed by atoms with Crippen molar-refractivity contribution in [2.24, 2.45) is 4.99 Å². The van der Waals surface area contributed by atoms with Gasteiger partial charge >= 0.3 is 0 Å². The maximum absolute atomic E-state index is 5.63. The average Bonchev–Trinajstić information content (AvgIpc) is 2.78. The number of benzene rings is 4. The lowest BCUT2D eigenvalue weighted by molar-refractivity contribution is 0.340. The Morgan fingerprint density at radius 2 is 1.57 bits per heavy atom. The highest BCUT2D eigenvalue weighted by atomic mass is 16.5.